The minimum atomic E-state index is -3.84. The number of carbonyl (C=O) groups is 2. The molecule has 0 bridgehead atoms. The molecule has 0 unspecified atom stereocenters. The fourth-order valence-corrected chi connectivity index (χ4v) is 4.95. The summed E-state index contributed by atoms with van der Waals surface area (Å²) in [5.41, 5.74) is 0.878. The molecule has 7 nitrogen and oxygen atoms in total. The van der Waals surface area contributed by atoms with Crippen LogP contribution in [0.25, 0.3) is 0 Å². The molecule has 0 saturated carbocycles. The van der Waals surface area contributed by atoms with E-state index in [2.05, 4.69) is 5.32 Å². The zero-order valence-electron chi connectivity index (χ0n) is 17.5. The quantitative estimate of drug-likeness (QED) is 0.706. The second-order valence-electron chi connectivity index (χ2n) is 7.49. The summed E-state index contributed by atoms with van der Waals surface area (Å²) in [4.78, 5) is 27.8. The van der Waals surface area contributed by atoms with Crippen LogP contribution in [0.1, 0.15) is 36.5 Å². The Morgan fingerprint density at radius 2 is 1.71 bits per heavy atom. The van der Waals surface area contributed by atoms with Crippen molar-refractivity contribution < 1.29 is 22.4 Å². The van der Waals surface area contributed by atoms with Crippen molar-refractivity contribution >= 4 is 33.2 Å². The zero-order valence-corrected chi connectivity index (χ0v) is 18.4. The number of rotatable bonds is 7. The predicted octanol–water partition coefficient (Wildman–Crippen LogP) is 3.25. The third-order valence-corrected chi connectivity index (χ3v) is 6.40. The van der Waals surface area contributed by atoms with Crippen LogP contribution in [0.4, 0.5) is 15.8 Å². The van der Waals surface area contributed by atoms with E-state index in [9.17, 15) is 22.4 Å². The number of para-hydroxylation sites is 1. The molecule has 1 atom stereocenters. The number of hydrogen-bond acceptors (Lipinski definition) is 4. The second kappa shape index (κ2) is 9.47. The first-order chi connectivity index (χ1) is 14.7. The van der Waals surface area contributed by atoms with Crippen molar-refractivity contribution in [3.8, 4) is 0 Å². The van der Waals surface area contributed by atoms with Crippen molar-refractivity contribution in [2.45, 2.75) is 32.2 Å². The van der Waals surface area contributed by atoms with Gasteiger partial charge in [-0.05, 0) is 55.7 Å². The highest BCUT2D eigenvalue weighted by Gasteiger charge is 2.32. The van der Waals surface area contributed by atoms with Crippen LogP contribution in [-0.2, 0) is 14.8 Å². The lowest BCUT2D eigenvalue weighted by Crippen LogP contribution is -2.47. The van der Waals surface area contributed by atoms with Crippen molar-refractivity contribution in [1.29, 1.82) is 0 Å². The Labute approximate surface area is 181 Å². The third-order valence-electron chi connectivity index (χ3n) is 5.22. The Bertz CT molecular complexity index is 1050. The summed E-state index contributed by atoms with van der Waals surface area (Å²) in [6.45, 7) is 3.03. The number of nitrogens with one attached hydrogen (secondary N) is 1. The number of likely N-dealkylation sites (tertiary alicyclic amines) is 1. The summed E-state index contributed by atoms with van der Waals surface area (Å²) in [7, 11) is -3.84. The van der Waals surface area contributed by atoms with Gasteiger partial charge in [0.15, 0.2) is 0 Å². The van der Waals surface area contributed by atoms with Gasteiger partial charge in [-0.25, -0.2) is 12.8 Å². The third kappa shape index (κ3) is 5.22. The molecule has 3 rings (SSSR count). The number of carbonyl (C=O) groups excluding carboxylic acids is 2. The standard InChI is InChI=1S/C22H26FN3O4S/c1-3-20(26(31(2,29)30)17-12-10-16(23)11-13-17)21(27)24-19-9-5-4-8-18(19)22(28)25-14-6-7-15-25/h4-5,8-13,20H,3,6-7,14-15H2,1-2H3,(H,24,27)/t20-/m1/s1. The molecule has 0 radical (unpaired) electrons. The van der Waals surface area contributed by atoms with Gasteiger partial charge in [0.1, 0.15) is 11.9 Å². The average molecular weight is 448 g/mol. The molecule has 2 amide bonds. The maximum atomic E-state index is 13.3. The van der Waals surface area contributed by atoms with Crippen LogP contribution in [0, 0.1) is 5.82 Å². The van der Waals surface area contributed by atoms with Gasteiger partial charge in [0.25, 0.3) is 5.91 Å². The fraction of sp³-hybridized carbons (Fsp3) is 0.364. The summed E-state index contributed by atoms with van der Waals surface area (Å²) < 4.78 is 39.3. The number of hydrogen-bond donors (Lipinski definition) is 1. The van der Waals surface area contributed by atoms with Crippen molar-refractivity contribution in [2.24, 2.45) is 0 Å². The van der Waals surface area contributed by atoms with E-state index in [1.54, 1.807) is 36.1 Å². The first-order valence-corrected chi connectivity index (χ1v) is 12.0. The number of amides is 2. The molecule has 2 aromatic rings. The SMILES string of the molecule is CC[C@H](C(=O)Nc1ccccc1C(=O)N1CCCC1)N(c1ccc(F)cc1)S(C)(=O)=O. The van der Waals surface area contributed by atoms with Gasteiger partial charge in [-0.1, -0.05) is 19.1 Å². The van der Waals surface area contributed by atoms with Gasteiger partial charge in [-0.15, -0.1) is 0 Å². The molecule has 1 N–H and O–H groups in total. The summed E-state index contributed by atoms with van der Waals surface area (Å²) in [5, 5.41) is 2.73. The highest BCUT2D eigenvalue weighted by molar-refractivity contribution is 7.92. The van der Waals surface area contributed by atoms with Crippen LogP contribution in [0.3, 0.4) is 0 Å². The van der Waals surface area contributed by atoms with Crippen LogP contribution in [-0.4, -0.2) is 50.5 Å². The topological polar surface area (TPSA) is 86.8 Å². The molecule has 0 spiro atoms. The van der Waals surface area contributed by atoms with E-state index in [1.807, 2.05) is 0 Å². The molecule has 1 fully saturated rings. The summed E-state index contributed by atoms with van der Waals surface area (Å²) in [6.07, 6.45) is 3.06. The van der Waals surface area contributed by atoms with Crippen molar-refractivity contribution in [2.75, 3.05) is 29.0 Å². The molecular formula is C22H26FN3O4S. The Kier molecular flexibility index (Phi) is 6.94. The van der Waals surface area contributed by atoms with Crippen LogP contribution >= 0.6 is 0 Å². The summed E-state index contributed by atoms with van der Waals surface area (Å²) >= 11 is 0. The molecule has 0 aliphatic carbocycles. The predicted molar refractivity (Wildman–Crippen MR) is 118 cm³/mol. The highest BCUT2D eigenvalue weighted by atomic mass is 32.2. The van der Waals surface area contributed by atoms with Crippen molar-refractivity contribution in [3.63, 3.8) is 0 Å². The lowest BCUT2D eigenvalue weighted by molar-refractivity contribution is -0.117. The van der Waals surface area contributed by atoms with E-state index in [1.165, 1.54) is 12.1 Å². The summed E-state index contributed by atoms with van der Waals surface area (Å²) in [6, 6.07) is 10.5. The molecule has 2 aromatic carbocycles. The van der Waals surface area contributed by atoms with E-state index >= 15 is 0 Å². The Morgan fingerprint density at radius 3 is 2.29 bits per heavy atom. The van der Waals surface area contributed by atoms with Gasteiger partial charge in [0.05, 0.1) is 23.2 Å². The highest BCUT2D eigenvalue weighted by Crippen LogP contribution is 2.25. The minimum Gasteiger partial charge on any atom is -0.339 e. The molecule has 1 saturated heterocycles. The van der Waals surface area contributed by atoms with Crippen molar-refractivity contribution in [3.05, 3.63) is 59.9 Å². The number of nitrogens with zero attached hydrogens (tertiary/aromatic N) is 2. The maximum absolute atomic E-state index is 13.3. The van der Waals surface area contributed by atoms with Crippen LogP contribution < -0.4 is 9.62 Å². The van der Waals surface area contributed by atoms with Gasteiger partial charge in [0, 0.05) is 13.1 Å². The first kappa shape index (κ1) is 22.7. The van der Waals surface area contributed by atoms with E-state index in [4.69, 9.17) is 0 Å². The van der Waals surface area contributed by atoms with Gasteiger partial charge >= 0.3 is 0 Å². The number of sulfonamides is 1. The first-order valence-electron chi connectivity index (χ1n) is 10.2. The van der Waals surface area contributed by atoms with Crippen molar-refractivity contribution in [1.82, 2.24) is 4.90 Å². The van der Waals surface area contributed by atoms with Gasteiger partial charge in [-0.2, -0.15) is 0 Å². The fourth-order valence-electron chi connectivity index (χ4n) is 3.73. The van der Waals surface area contributed by atoms with E-state index in [-0.39, 0.29) is 18.0 Å². The molecule has 1 aliphatic heterocycles. The monoisotopic (exact) mass is 447 g/mol. The summed E-state index contributed by atoms with van der Waals surface area (Å²) in [5.74, 6) is -1.25. The molecule has 31 heavy (non-hydrogen) atoms. The minimum absolute atomic E-state index is 0.167. The van der Waals surface area contributed by atoms with E-state index in [0.717, 1.165) is 35.5 Å². The molecule has 1 aliphatic rings. The number of benzene rings is 2. The van der Waals surface area contributed by atoms with Crippen LogP contribution in [0.5, 0.6) is 0 Å². The number of anilines is 2. The normalized spacial score (nSPS) is 14.9. The Morgan fingerprint density at radius 1 is 1.10 bits per heavy atom. The number of halogens is 1. The van der Waals surface area contributed by atoms with E-state index < -0.39 is 27.8 Å². The second-order valence-corrected chi connectivity index (χ2v) is 9.35. The largest absolute Gasteiger partial charge is 0.339 e. The molecule has 1 heterocycles. The molecule has 166 valence electrons. The smallest absolute Gasteiger partial charge is 0.255 e. The Hall–Kier alpha value is -2.94. The average Bonchev–Trinajstić information content (AvgIpc) is 3.26. The lowest BCUT2D eigenvalue weighted by atomic mass is 10.1. The molecule has 9 heteroatoms. The molecular weight excluding hydrogens is 421 g/mol. The van der Waals surface area contributed by atoms with E-state index in [0.29, 0.717) is 24.3 Å². The van der Waals surface area contributed by atoms with Gasteiger partial charge in [-0.3, -0.25) is 13.9 Å². The van der Waals surface area contributed by atoms with Crippen LogP contribution in [0.2, 0.25) is 0 Å². The molecule has 0 aromatic heterocycles. The maximum Gasteiger partial charge on any atom is 0.255 e. The Balaban J connectivity index is 1.90. The van der Waals surface area contributed by atoms with Gasteiger partial charge in [0.2, 0.25) is 15.9 Å². The zero-order chi connectivity index (χ0) is 22.6. The van der Waals surface area contributed by atoms with Gasteiger partial charge < -0.3 is 10.2 Å². The lowest BCUT2D eigenvalue weighted by Gasteiger charge is -2.30. The van der Waals surface area contributed by atoms with Crippen LogP contribution in [0.15, 0.2) is 48.5 Å².